The van der Waals surface area contributed by atoms with Gasteiger partial charge in [-0.1, -0.05) is 49.0 Å². The van der Waals surface area contributed by atoms with Crippen LogP contribution in [0.15, 0.2) is 70.2 Å². The molecule has 2 heterocycles. The number of alkyl halides is 1. The highest BCUT2D eigenvalue weighted by atomic mass is 32.2. The van der Waals surface area contributed by atoms with Gasteiger partial charge in [-0.15, -0.1) is 0 Å². The van der Waals surface area contributed by atoms with Gasteiger partial charge in [0.2, 0.25) is 0 Å². The number of nitrogens with two attached hydrogens (primary N) is 1. The normalized spacial score (nSPS) is 12.2. The maximum atomic E-state index is 12.6. The van der Waals surface area contributed by atoms with E-state index in [1.54, 1.807) is 18.2 Å². The molecule has 0 bridgehead atoms. The number of sulfone groups is 1. The summed E-state index contributed by atoms with van der Waals surface area (Å²) >= 11 is 0. The predicted molar refractivity (Wildman–Crippen MR) is 140 cm³/mol. The summed E-state index contributed by atoms with van der Waals surface area (Å²) in [6, 6.07) is 15.9. The van der Waals surface area contributed by atoms with Crippen LogP contribution < -0.4 is 11.1 Å². The van der Waals surface area contributed by atoms with Crippen molar-refractivity contribution in [1.82, 2.24) is 20.4 Å². The zero-order valence-corrected chi connectivity index (χ0v) is 20.2. The van der Waals surface area contributed by atoms with Crippen LogP contribution in [-0.4, -0.2) is 42.5 Å². The Morgan fingerprint density at radius 3 is 2.33 bits per heavy atom. The number of halogens is 1. The third-order valence-electron chi connectivity index (χ3n) is 5.70. The molecule has 3 N–H and O–H groups in total. The van der Waals surface area contributed by atoms with E-state index in [9.17, 15) is 12.8 Å². The number of anilines is 1. The first-order valence-corrected chi connectivity index (χ1v) is 12.6. The van der Waals surface area contributed by atoms with E-state index < -0.39 is 21.8 Å². The molecule has 2 aromatic heterocycles. The Kier molecular flexibility index (Phi) is 8.54. The maximum Gasteiger partial charge on any atom is 0.189 e. The Morgan fingerprint density at radius 2 is 1.69 bits per heavy atom. The van der Waals surface area contributed by atoms with Gasteiger partial charge < -0.3 is 15.6 Å². The van der Waals surface area contributed by atoms with E-state index in [4.69, 9.17) is 10.3 Å². The molecular formula is C26H30FN5O3S. The van der Waals surface area contributed by atoms with Gasteiger partial charge >= 0.3 is 0 Å². The van der Waals surface area contributed by atoms with Gasteiger partial charge in [0.05, 0.1) is 28.7 Å². The van der Waals surface area contributed by atoms with Gasteiger partial charge in [-0.05, 0) is 38.1 Å². The van der Waals surface area contributed by atoms with Crippen molar-refractivity contribution in [2.24, 2.45) is 0 Å². The first-order chi connectivity index (χ1) is 16.8. The minimum atomic E-state index is -3.61. The second-order valence-corrected chi connectivity index (χ2v) is 10.5. The van der Waals surface area contributed by atoms with Crippen LogP contribution in [0.25, 0.3) is 34.0 Å². The summed E-state index contributed by atoms with van der Waals surface area (Å²) in [5.41, 5.74) is 10.2. The molecule has 190 valence electrons. The molecule has 0 fully saturated rings. The largest absolute Gasteiger partial charge is 0.382 e. The Labute approximate surface area is 210 Å². The summed E-state index contributed by atoms with van der Waals surface area (Å²) < 4.78 is 43.3. The van der Waals surface area contributed by atoms with Crippen LogP contribution in [0.1, 0.15) is 26.3 Å². The molecule has 0 radical (unpaired) electrons. The average Bonchev–Trinajstić information content (AvgIpc) is 3.35. The zero-order valence-electron chi connectivity index (χ0n) is 19.4. The highest BCUT2D eigenvalue weighted by Crippen LogP contribution is 2.30. The zero-order chi connectivity index (χ0) is 25.0. The van der Waals surface area contributed by atoms with Crippen molar-refractivity contribution in [2.45, 2.75) is 37.5 Å². The quantitative estimate of drug-likeness (QED) is 0.324. The molecule has 10 heteroatoms. The van der Waals surface area contributed by atoms with E-state index in [0.717, 1.165) is 17.7 Å². The lowest BCUT2D eigenvalue weighted by Crippen LogP contribution is -2.18. The molecule has 1 atom stereocenters. The molecule has 2 aromatic carbocycles. The molecule has 0 aliphatic carbocycles. The molecule has 1 unspecified atom stereocenters. The van der Waals surface area contributed by atoms with Crippen LogP contribution in [-0.2, 0) is 16.4 Å². The number of rotatable bonds is 9. The van der Waals surface area contributed by atoms with Crippen molar-refractivity contribution >= 4 is 15.7 Å². The number of aromatic nitrogens is 3. The minimum Gasteiger partial charge on any atom is -0.382 e. The van der Waals surface area contributed by atoms with E-state index in [1.165, 1.54) is 25.3 Å². The Balaban J connectivity index is 0.00000361. The van der Waals surface area contributed by atoms with Crippen LogP contribution >= 0.6 is 0 Å². The molecule has 0 spiro atoms. The number of nitrogen functional groups attached to an aromatic ring is 1. The highest BCUT2D eigenvalue weighted by molar-refractivity contribution is 7.92. The Bertz CT molecular complexity index is 1400. The van der Waals surface area contributed by atoms with Gasteiger partial charge in [-0.2, -0.15) is 0 Å². The molecule has 0 amide bonds. The lowest BCUT2D eigenvalue weighted by Gasteiger charge is -2.12. The smallest absolute Gasteiger partial charge is 0.189 e. The summed E-state index contributed by atoms with van der Waals surface area (Å²) in [5.74, 6) is 0.547. The average molecular weight is 512 g/mol. The maximum absolute atomic E-state index is 12.6. The van der Waals surface area contributed by atoms with Gasteiger partial charge in [0.1, 0.15) is 5.69 Å². The fraction of sp³-hybridized carbons (Fsp3) is 0.269. The van der Waals surface area contributed by atoms with Crippen LogP contribution in [0.2, 0.25) is 0 Å². The van der Waals surface area contributed by atoms with Gasteiger partial charge in [-0.3, -0.25) is 4.39 Å². The first kappa shape index (κ1) is 27.0. The minimum absolute atomic E-state index is 0. The van der Waals surface area contributed by atoms with Crippen molar-refractivity contribution in [3.63, 3.8) is 0 Å². The third kappa shape index (κ3) is 5.60. The van der Waals surface area contributed by atoms with Crippen molar-refractivity contribution in [3.05, 3.63) is 66.4 Å². The van der Waals surface area contributed by atoms with Gasteiger partial charge in [0.15, 0.2) is 27.1 Å². The Hall–Kier alpha value is -3.63. The fourth-order valence-electron chi connectivity index (χ4n) is 3.60. The molecule has 36 heavy (non-hydrogen) atoms. The topological polar surface area (TPSA) is 124 Å². The monoisotopic (exact) mass is 511 g/mol. The number of nitrogens with one attached hydrogen (secondary N) is 1. The molecule has 0 aliphatic heterocycles. The van der Waals surface area contributed by atoms with E-state index in [2.05, 4.69) is 20.4 Å². The third-order valence-corrected chi connectivity index (χ3v) is 7.92. The van der Waals surface area contributed by atoms with Crippen LogP contribution in [0.4, 0.5) is 10.2 Å². The van der Waals surface area contributed by atoms with Crippen molar-refractivity contribution in [2.75, 3.05) is 19.5 Å². The van der Waals surface area contributed by atoms with Gasteiger partial charge in [0, 0.05) is 23.7 Å². The number of nitrogens with zero attached hydrogens (tertiary/aromatic N) is 3. The predicted octanol–water partition coefficient (Wildman–Crippen LogP) is 4.93. The second-order valence-electron chi connectivity index (χ2n) is 8.15. The summed E-state index contributed by atoms with van der Waals surface area (Å²) in [5, 5.41) is 6.45. The number of hydrogen-bond acceptors (Lipinski definition) is 8. The van der Waals surface area contributed by atoms with Crippen molar-refractivity contribution < 1.29 is 17.3 Å². The molecule has 0 aliphatic rings. The van der Waals surface area contributed by atoms with Gasteiger partial charge in [-0.25, -0.2) is 18.4 Å². The van der Waals surface area contributed by atoms with E-state index in [1.807, 2.05) is 31.3 Å². The summed E-state index contributed by atoms with van der Waals surface area (Å²) in [6.07, 6.45) is 1.46. The second kappa shape index (κ2) is 11.4. The van der Waals surface area contributed by atoms with Gasteiger partial charge in [0.25, 0.3) is 0 Å². The molecular weight excluding hydrogens is 481 g/mol. The molecule has 0 saturated carbocycles. The first-order valence-electron chi connectivity index (χ1n) is 11.1. The molecule has 4 aromatic rings. The molecule has 0 saturated heterocycles. The standard InChI is InChI=1S/C25H26FN5O3S.CH4/c1-16(11-12-26)35(32,33)20-9-7-19(8-10-20)22-15-29-25(27)24(30-22)23-13-21(31-34-23)18-5-3-17(4-6-18)14-28-2;/h3-10,13,15-16,28H,11-12,14H2,1-2H3,(H2,27,29);1H4. The lowest BCUT2D eigenvalue weighted by atomic mass is 10.1. The SMILES string of the molecule is C.CNCc1ccc(-c2cc(-c3nc(-c4ccc(S(=O)(=O)C(C)CCF)cc4)cnc3N)on2)cc1. The highest BCUT2D eigenvalue weighted by Gasteiger charge is 2.23. The lowest BCUT2D eigenvalue weighted by molar-refractivity contribution is 0.434. The number of hydrogen-bond donors (Lipinski definition) is 2. The van der Waals surface area contributed by atoms with Crippen LogP contribution in [0, 0.1) is 0 Å². The van der Waals surface area contributed by atoms with E-state index in [0.29, 0.717) is 28.4 Å². The van der Waals surface area contributed by atoms with Crippen molar-refractivity contribution in [1.29, 1.82) is 0 Å². The summed E-state index contributed by atoms with van der Waals surface area (Å²) in [7, 11) is -1.72. The number of benzene rings is 2. The van der Waals surface area contributed by atoms with E-state index in [-0.39, 0.29) is 24.6 Å². The summed E-state index contributed by atoms with van der Waals surface area (Å²) in [6.45, 7) is 1.59. The summed E-state index contributed by atoms with van der Waals surface area (Å²) in [4.78, 5) is 8.95. The molecule has 4 rings (SSSR count). The fourth-order valence-corrected chi connectivity index (χ4v) is 4.98. The molecule has 8 nitrogen and oxygen atoms in total. The Morgan fingerprint density at radius 1 is 1.06 bits per heavy atom. The van der Waals surface area contributed by atoms with E-state index >= 15 is 0 Å². The van der Waals surface area contributed by atoms with Crippen LogP contribution in [0.5, 0.6) is 0 Å². The van der Waals surface area contributed by atoms with Crippen LogP contribution in [0.3, 0.4) is 0 Å². The van der Waals surface area contributed by atoms with Crippen molar-refractivity contribution in [3.8, 4) is 34.0 Å².